The Morgan fingerprint density at radius 1 is 1.29 bits per heavy atom. The van der Waals surface area contributed by atoms with Crippen molar-refractivity contribution >= 4 is 5.52 Å². The molecule has 5 heteroatoms. The lowest BCUT2D eigenvalue weighted by Crippen LogP contribution is -2.15. The van der Waals surface area contributed by atoms with Crippen LogP contribution in [0.3, 0.4) is 0 Å². The van der Waals surface area contributed by atoms with Gasteiger partial charge in [0.1, 0.15) is 5.52 Å². The summed E-state index contributed by atoms with van der Waals surface area (Å²) in [5.74, 6) is 0. The molecule has 108 valence electrons. The summed E-state index contributed by atoms with van der Waals surface area (Å²) in [5.41, 5.74) is 4.23. The predicted octanol–water partition coefficient (Wildman–Crippen LogP) is 2.74. The molecule has 0 aromatic carbocycles. The number of fused-ring (bicyclic) bond motifs is 1. The molecule has 3 heterocycles. The second kappa shape index (κ2) is 5.52. The van der Waals surface area contributed by atoms with Gasteiger partial charge in [-0.15, -0.1) is 0 Å². The SMILES string of the molecule is CCCCc1c(-c2ccncc2)[nH]c(=O)c2c(C)ncn12. The topological polar surface area (TPSA) is 63.0 Å². The molecule has 5 nitrogen and oxygen atoms in total. The van der Waals surface area contributed by atoms with Crippen molar-refractivity contribution in [2.24, 2.45) is 0 Å². The van der Waals surface area contributed by atoms with E-state index in [0.29, 0.717) is 5.52 Å². The van der Waals surface area contributed by atoms with Crippen molar-refractivity contribution in [3.63, 3.8) is 0 Å². The van der Waals surface area contributed by atoms with Gasteiger partial charge in [-0.2, -0.15) is 0 Å². The number of rotatable bonds is 4. The zero-order valence-electron chi connectivity index (χ0n) is 12.3. The van der Waals surface area contributed by atoms with E-state index in [1.54, 1.807) is 18.7 Å². The Bertz CT molecular complexity index is 817. The van der Waals surface area contributed by atoms with Gasteiger partial charge in [-0.1, -0.05) is 13.3 Å². The molecule has 1 N–H and O–H groups in total. The molecule has 0 aliphatic carbocycles. The van der Waals surface area contributed by atoms with Gasteiger partial charge in [0.15, 0.2) is 0 Å². The number of hydrogen-bond acceptors (Lipinski definition) is 3. The highest BCUT2D eigenvalue weighted by Gasteiger charge is 2.14. The van der Waals surface area contributed by atoms with Gasteiger partial charge in [-0.3, -0.25) is 14.2 Å². The first kappa shape index (κ1) is 13.5. The van der Waals surface area contributed by atoms with Gasteiger partial charge in [0.05, 0.1) is 17.7 Å². The summed E-state index contributed by atoms with van der Waals surface area (Å²) in [5, 5.41) is 0. The zero-order valence-corrected chi connectivity index (χ0v) is 12.3. The molecule has 0 unspecified atom stereocenters. The third-order valence-electron chi connectivity index (χ3n) is 3.72. The monoisotopic (exact) mass is 282 g/mol. The van der Waals surface area contributed by atoms with E-state index in [1.165, 1.54) is 0 Å². The van der Waals surface area contributed by atoms with Crippen molar-refractivity contribution in [1.82, 2.24) is 19.4 Å². The fraction of sp³-hybridized carbons (Fsp3) is 0.312. The number of imidazole rings is 1. The fourth-order valence-corrected chi connectivity index (χ4v) is 2.63. The Balaban J connectivity index is 2.30. The Labute approximate surface area is 122 Å². The van der Waals surface area contributed by atoms with Crippen LogP contribution in [0.5, 0.6) is 0 Å². The average molecular weight is 282 g/mol. The maximum Gasteiger partial charge on any atom is 0.274 e. The fourth-order valence-electron chi connectivity index (χ4n) is 2.63. The lowest BCUT2D eigenvalue weighted by molar-refractivity contribution is 0.762. The van der Waals surface area contributed by atoms with Crippen LogP contribution in [-0.4, -0.2) is 19.4 Å². The summed E-state index contributed by atoms with van der Waals surface area (Å²) in [6.07, 6.45) is 8.29. The molecule has 21 heavy (non-hydrogen) atoms. The standard InChI is InChI=1S/C16H18N4O/c1-3-4-5-13-14(12-6-8-17-9-7-12)19-16(21)15-11(2)18-10-20(13)15/h6-10H,3-5H2,1-2H3,(H,19,21). The Morgan fingerprint density at radius 2 is 2.05 bits per heavy atom. The number of pyridine rings is 1. The van der Waals surface area contributed by atoms with E-state index in [2.05, 4.69) is 21.9 Å². The van der Waals surface area contributed by atoms with E-state index < -0.39 is 0 Å². The summed E-state index contributed by atoms with van der Waals surface area (Å²) >= 11 is 0. The molecule has 0 radical (unpaired) electrons. The minimum Gasteiger partial charge on any atom is -0.319 e. The molecule has 0 aliphatic rings. The highest BCUT2D eigenvalue weighted by molar-refractivity contribution is 5.64. The number of unbranched alkanes of at least 4 members (excludes halogenated alkanes) is 1. The largest absolute Gasteiger partial charge is 0.319 e. The van der Waals surface area contributed by atoms with Gasteiger partial charge in [0.25, 0.3) is 5.56 Å². The first-order chi connectivity index (χ1) is 10.2. The van der Waals surface area contributed by atoms with Gasteiger partial charge >= 0.3 is 0 Å². The van der Waals surface area contributed by atoms with Gasteiger partial charge < -0.3 is 4.98 Å². The number of aromatic nitrogens is 4. The molecule has 3 aromatic heterocycles. The van der Waals surface area contributed by atoms with Crippen molar-refractivity contribution < 1.29 is 0 Å². The van der Waals surface area contributed by atoms with Crippen LogP contribution in [0.2, 0.25) is 0 Å². The highest BCUT2D eigenvalue weighted by atomic mass is 16.1. The minimum atomic E-state index is -0.0999. The summed E-state index contributed by atoms with van der Waals surface area (Å²) in [4.78, 5) is 23.7. The van der Waals surface area contributed by atoms with E-state index in [1.807, 2.05) is 23.5 Å². The molecule has 0 fully saturated rings. The van der Waals surface area contributed by atoms with Crippen LogP contribution in [-0.2, 0) is 6.42 Å². The van der Waals surface area contributed by atoms with Crippen molar-refractivity contribution in [3.8, 4) is 11.3 Å². The predicted molar refractivity (Wildman–Crippen MR) is 82.4 cm³/mol. The minimum absolute atomic E-state index is 0.0999. The number of hydrogen-bond donors (Lipinski definition) is 1. The number of aromatic amines is 1. The van der Waals surface area contributed by atoms with Crippen molar-refractivity contribution in [2.75, 3.05) is 0 Å². The second-order valence-corrected chi connectivity index (χ2v) is 5.16. The molecule has 0 amide bonds. The number of aryl methyl sites for hydroxylation is 2. The second-order valence-electron chi connectivity index (χ2n) is 5.16. The van der Waals surface area contributed by atoms with E-state index >= 15 is 0 Å². The smallest absolute Gasteiger partial charge is 0.274 e. The Morgan fingerprint density at radius 3 is 2.76 bits per heavy atom. The highest BCUT2D eigenvalue weighted by Crippen LogP contribution is 2.22. The molecule has 3 rings (SSSR count). The molecule has 0 bridgehead atoms. The molecule has 0 saturated carbocycles. The average Bonchev–Trinajstić information content (AvgIpc) is 2.90. The van der Waals surface area contributed by atoms with Crippen LogP contribution >= 0.6 is 0 Å². The molecule has 0 aliphatic heterocycles. The van der Waals surface area contributed by atoms with Crippen LogP contribution in [0.25, 0.3) is 16.8 Å². The molecule has 3 aromatic rings. The first-order valence-electron chi connectivity index (χ1n) is 7.21. The van der Waals surface area contributed by atoms with Crippen LogP contribution in [0, 0.1) is 6.92 Å². The number of nitrogens with one attached hydrogen (secondary N) is 1. The van der Waals surface area contributed by atoms with Crippen molar-refractivity contribution in [1.29, 1.82) is 0 Å². The van der Waals surface area contributed by atoms with Crippen LogP contribution in [0.1, 0.15) is 31.2 Å². The summed E-state index contributed by atoms with van der Waals surface area (Å²) in [6.45, 7) is 4.02. The third-order valence-corrected chi connectivity index (χ3v) is 3.72. The summed E-state index contributed by atoms with van der Waals surface area (Å²) < 4.78 is 1.93. The maximum absolute atomic E-state index is 12.3. The van der Waals surface area contributed by atoms with Crippen LogP contribution in [0.15, 0.2) is 35.6 Å². The van der Waals surface area contributed by atoms with Gasteiger partial charge in [-0.05, 0) is 31.9 Å². The lowest BCUT2D eigenvalue weighted by atomic mass is 10.1. The first-order valence-corrected chi connectivity index (χ1v) is 7.21. The summed E-state index contributed by atoms with van der Waals surface area (Å²) in [6, 6.07) is 3.83. The third kappa shape index (κ3) is 2.35. The quantitative estimate of drug-likeness (QED) is 0.800. The number of H-pyrrole nitrogens is 1. The summed E-state index contributed by atoms with van der Waals surface area (Å²) in [7, 11) is 0. The van der Waals surface area contributed by atoms with E-state index in [4.69, 9.17) is 0 Å². The molecular weight excluding hydrogens is 264 g/mol. The van der Waals surface area contributed by atoms with Crippen molar-refractivity contribution in [2.45, 2.75) is 33.1 Å². The lowest BCUT2D eigenvalue weighted by Gasteiger charge is -2.12. The Kier molecular flexibility index (Phi) is 3.56. The van der Waals surface area contributed by atoms with E-state index in [0.717, 1.165) is 41.9 Å². The number of nitrogens with zero attached hydrogens (tertiary/aromatic N) is 3. The normalized spacial score (nSPS) is 11.1. The maximum atomic E-state index is 12.3. The van der Waals surface area contributed by atoms with E-state index in [9.17, 15) is 4.79 Å². The van der Waals surface area contributed by atoms with Crippen molar-refractivity contribution in [3.05, 3.63) is 52.6 Å². The van der Waals surface area contributed by atoms with Crippen LogP contribution in [0.4, 0.5) is 0 Å². The molecular formula is C16H18N4O. The van der Waals surface area contributed by atoms with Crippen LogP contribution < -0.4 is 5.56 Å². The molecule has 0 atom stereocenters. The molecule has 0 saturated heterocycles. The van der Waals surface area contributed by atoms with E-state index in [-0.39, 0.29) is 5.56 Å². The molecule has 0 spiro atoms. The Hall–Kier alpha value is -2.43. The van der Waals surface area contributed by atoms with Gasteiger partial charge in [0.2, 0.25) is 0 Å². The van der Waals surface area contributed by atoms with Gasteiger partial charge in [0, 0.05) is 23.7 Å². The zero-order chi connectivity index (χ0) is 14.8. The van der Waals surface area contributed by atoms with Gasteiger partial charge in [-0.25, -0.2) is 4.98 Å².